The maximum atomic E-state index is 4.52. The summed E-state index contributed by atoms with van der Waals surface area (Å²) < 4.78 is 0. The topological polar surface area (TPSA) is 25.8 Å². The number of rotatable bonds is 4. The zero-order valence-electron chi connectivity index (χ0n) is 12.6. The lowest BCUT2D eigenvalue weighted by molar-refractivity contribution is 1.28. The van der Waals surface area contributed by atoms with Gasteiger partial charge < -0.3 is 0 Å². The Kier molecular flexibility index (Phi) is 3.95. The van der Waals surface area contributed by atoms with Crippen LogP contribution in [0, 0.1) is 0 Å². The summed E-state index contributed by atoms with van der Waals surface area (Å²) in [5.41, 5.74) is 4.64. The maximum Gasteiger partial charge on any atom is 0.0702 e. The molecule has 3 heteroatoms. The molecular formula is C20H16N2S. The van der Waals surface area contributed by atoms with Gasteiger partial charge in [0.1, 0.15) is 0 Å². The van der Waals surface area contributed by atoms with Crippen molar-refractivity contribution < 1.29 is 0 Å². The molecule has 0 aliphatic heterocycles. The van der Waals surface area contributed by atoms with Gasteiger partial charge in [-0.05, 0) is 35.4 Å². The van der Waals surface area contributed by atoms with E-state index >= 15 is 0 Å². The molecule has 0 amide bonds. The van der Waals surface area contributed by atoms with E-state index in [4.69, 9.17) is 0 Å². The van der Waals surface area contributed by atoms with Gasteiger partial charge in [-0.2, -0.15) is 11.8 Å². The highest BCUT2D eigenvalue weighted by molar-refractivity contribution is 7.97. The largest absolute Gasteiger partial charge is 0.256 e. The van der Waals surface area contributed by atoms with Crippen molar-refractivity contribution in [1.82, 2.24) is 9.97 Å². The average Bonchev–Trinajstić information content (AvgIpc) is 2.61. The Balaban J connectivity index is 1.45. The van der Waals surface area contributed by atoms with Gasteiger partial charge in [-0.1, -0.05) is 36.4 Å². The number of hydrogen-bond acceptors (Lipinski definition) is 3. The molecule has 0 saturated carbocycles. The molecule has 0 aliphatic rings. The minimum Gasteiger partial charge on any atom is -0.256 e. The number of pyridine rings is 2. The highest BCUT2D eigenvalue weighted by Crippen LogP contribution is 2.21. The third kappa shape index (κ3) is 3.20. The molecule has 2 heterocycles. The van der Waals surface area contributed by atoms with Crippen LogP contribution in [0.4, 0.5) is 0 Å². The molecule has 23 heavy (non-hydrogen) atoms. The molecule has 0 saturated heterocycles. The SMILES string of the molecule is c1ccc2ncc(CSCc3cnc4ccccc4c3)cc2c1. The normalized spacial score (nSPS) is 11.1. The number of aromatic nitrogens is 2. The van der Waals surface area contributed by atoms with Gasteiger partial charge >= 0.3 is 0 Å². The fraction of sp³-hybridized carbons (Fsp3) is 0.100. The van der Waals surface area contributed by atoms with Crippen LogP contribution in [0.5, 0.6) is 0 Å². The van der Waals surface area contributed by atoms with Gasteiger partial charge in [0.25, 0.3) is 0 Å². The van der Waals surface area contributed by atoms with E-state index in [-0.39, 0.29) is 0 Å². The van der Waals surface area contributed by atoms with Crippen LogP contribution in [0.1, 0.15) is 11.1 Å². The van der Waals surface area contributed by atoms with E-state index in [9.17, 15) is 0 Å². The predicted octanol–water partition coefficient (Wildman–Crippen LogP) is 5.22. The monoisotopic (exact) mass is 316 g/mol. The molecule has 0 atom stereocenters. The molecule has 4 rings (SSSR count). The first-order chi connectivity index (χ1) is 11.4. The molecule has 0 unspecified atom stereocenters. The lowest BCUT2D eigenvalue weighted by Crippen LogP contribution is -1.88. The number of hydrogen-bond donors (Lipinski definition) is 0. The Morgan fingerprint density at radius 1 is 0.652 bits per heavy atom. The van der Waals surface area contributed by atoms with Crippen LogP contribution >= 0.6 is 11.8 Å². The van der Waals surface area contributed by atoms with Crippen molar-refractivity contribution in [3.8, 4) is 0 Å². The fourth-order valence-corrected chi connectivity index (χ4v) is 3.57. The molecule has 0 N–H and O–H groups in total. The number of benzene rings is 2. The van der Waals surface area contributed by atoms with E-state index in [1.165, 1.54) is 21.9 Å². The molecule has 2 aromatic carbocycles. The van der Waals surface area contributed by atoms with Gasteiger partial charge in [-0.15, -0.1) is 0 Å². The first-order valence-corrected chi connectivity index (χ1v) is 8.79. The van der Waals surface area contributed by atoms with E-state index < -0.39 is 0 Å². The van der Waals surface area contributed by atoms with E-state index in [0.29, 0.717) is 0 Å². The fourth-order valence-electron chi connectivity index (χ4n) is 2.68. The van der Waals surface area contributed by atoms with Crippen molar-refractivity contribution in [1.29, 1.82) is 0 Å². The van der Waals surface area contributed by atoms with Crippen molar-refractivity contribution >= 4 is 33.6 Å². The second kappa shape index (κ2) is 6.39. The maximum absolute atomic E-state index is 4.52. The number of nitrogens with zero attached hydrogens (tertiary/aromatic N) is 2. The summed E-state index contributed by atoms with van der Waals surface area (Å²) >= 11 is 1.90. The molecule has 0 radical (unpaired) electrons. The summed E-state index contributed by atoms with van der Waals surface area (Å²) in [5, 5.41) is 2.41. The molecule has 112 valence electrons. The highest BCUT2D eigenvalue weighted by atomic mass is 32.2. The van der Waals surface area contributed by atoms with E-state index in [0.717, 1.165) is 22.5 Å². The summed E-state index contributed by atoms with van der Waals surface area (Å²) in [4.78, 5) is 9.04. The van der Waals surface area contributed by atoms with E-state index in [1.54, 1.807) is 0 Å². The Hall–Kier alpha value is -2.39. The number of para-hydroxylation sites is 2. The second-order valence-electron chi connectivity index (χ2n) is 5.57. The van der Waals surface area contributed by atoms with Crippen molar-refractivity contribution in [2.75, 3.05) is 0 Å². The third-order valence-electron chi connectivity index (χ3n) is 3.83. The number of thioether (sulfide) groups is 1. The highest BCUT2D eigenvalue weighted by Gasteiger charge is 2.01. The van der Waals surface area contributed by atoms with Crippen LogP contribution in [0.15, 0.2) is 73.1 Å². The molecule has 0 fully saturated rings. The number of fused-ring (bicyclic) bond motifs is 2. The van der Waals surface area contributed by atoms with E-state index in [1.807, 2.05) is 48.4 Å². The van der Waals surface area contributed by atoms with Crippen LogP contribution < -0.4 is 0 Å². The van der Waals surface area contributed by atoms with Gasteiger partial charge in [-0.25, -0.2) is 0 Å². The Morgan fingerprint density at radius 3 is 1.65 bits per heavy atom. The smallest absolute Gasteiger partial charge is 0.0702 e. The van der Waals surface area contributed by atoms with Crippen molar-refractivity contribution in [2.45, 2.75) is 11.5 Å². The minimum absolute atomic E-state index is 0.963. The average molecular weight is 316 g/mol. The Morgan fingerprint density at radius 2 is 1.13 bits per heavy atom. The third-order valence-corrected chi connectivity index (χ3v) is 4.91. The zero-order valence-corrected chi connectivity index (χ0v) is 13.5. The van der Waals surface area contributed by atoms with Crippen LogP contribution in [0.2, 0.25) is 0 Å². The van der Waals surface area contributed by atoms with Gasteiger partial charge in [-0.3, -0.25) is 9.97 Å². The van der Waals surface area contributed by atoms with Gasteiger partial charge in [0.05, 0.1) is 11.0 Å². The second-order valence-corrected chi connectivity index (χ2v) is 6.55. The van der Waals surface area contributed by atoms with Crippen molar-refractivity contribution in [3.63, 3.8) is 0 Å². The van der Waals surface area contributed by atoms with Crippen LogP contribution in [0.25, 0.3) is 21.8 Å². The van der Waals surface area contributed by atoms with Crippen molar-refractivity contribution in [2.24, 2.45) is 0 Å². The van der Waals surface area contributed by atoms with Crippen LogP contribution in [-0.2, 0) is 11.5 Å². The summed E-state index contributed by atoms with van der Waals surface area (Å²) in [6, 6.07) is 21.0. The summed E-state index contributed by atoms with van der Waals surface area (Å²) in [6.45, 7) is 0. The van der Waals surface area contributed by atoms with Gasteiger partial charge in [0.2, 0.25) is 0 Å². The predicted molar refractivity (Wildman–Crippen MR) is 98.5 cm³/mol. The van der Waals surface area contributed by atoms with Gasteiger partial charge in [0, 0.05) is 34.7 Å². The first kappa shape index (κ1) is 14.2. The quantitative estimate of drug-likeness (QED) is 0.516. The lowest BCUT2D eigenvalue weighted by Gasteiger charge is -2.05. The van der Waals surface area contributed by atoms with Crippen LogP contribution in [0.3, 0.4) is 0 Å². The summed E-state index contributed by atoms with van der Waals surface area (Å²) in [6.07, 6.45) is 3.96. The Labute approximate surface area is 139 Å². The summed E-state index contributed by atoms with van der Waals surface area (Å²) in [5.74, 6) is 1.93. The molecule has 2 nitrogen and oxygen atoms in total. The lowest BCUT2D eigenvalue weighted by atomic mass is 10.2. The zero-order chi connectivity index (χ0) is 15.5. The van der Waals surface area contributed by atoms with Crippen molar-refractivity contribution in [3.05, 3.63) is 84.2 Å². The standard InChI is InChI=1S/C20H16N2S/c1-3-7-19-17(5-1)9-15(11-21-19)13-23-14-16-10-18-6-2-4-8-20(18)22-12-16/h1-12H,13-14H2. The van der Waals surface area contributed by atoms with Crippen LogP contribution in [-0.4, -0.2) is 9.97 Å². The van der Waals surface area contributed by atoms with Gasteiger partial charge in [0.15, 0.2) is 0 Å². The molecule has 0 spiro atoms. The van der Waals surface area contributed by atoms with E-state index in [2.05, 4.69) is 46.4 Å². The first-order valence-electron chi connectivity index (χ1n) is 7.63. The molecular weight excluding hydrogens is 300 g/mol. The summed E-state index contributed by atoms with van der Waals surface area (Å²) in [7, 11) is 0. The molecule has 0 aliphatic carbocycles. The molecule has 2 aromatic heterocycles. The molecule has 0 bridgehead atoms. The molecule has 4 aromatic rings. The minimum atomic E-state index is 0.963. The Bertz CT molecular complexity index is 886.